The molecule has 3 rings (SSSR count). The second-order valence-corrected chi connectivity index (χ2v) is 6.75. The van der Waals surface area contributed by atoms with E-state index in [9.17, 15) is 0 Å². The van der Waals surface area contributed by atoms with Gasteiger partial charge in [0.05, 0.1) is 5.69 Å². The van der Waals surface area contributed by atoms with Gasteiger partial charge >= 0.3 is 0 Å². The maximum absolute atomic E-state index is 5.89. The normalized spacial score (nSPS) is 10.6. The highest BCUT2D eigenvalue weighted by Gasteiger charge is 2.05. The van der Waals surface area contributed by atoms with Crippen molar-refractivity contribution < 1.29 is 4.74 Å². The highest BCUT2D eigenvalue weighted by molar-refractivity contribution is 7.98. The molecule has 5 heteroatoms. The summed E-state index contributed by atoms with van der Waals surface area (Å²) in [4.78, 5) is 10.1. The van der Waals surface area contributed by atoms with Gasteiger partial charge in [-0.15, -0.1) is 11.8 Å². The van der Waals surface area contributed by atoms with Crippen LogP contribution in [0.3, 0.4) is 0 Å². The summed E-state index contributed by atoms with van der Waals surface area (Å²) in [6.07, 6.45) is 0. The first-order chi connectivity index (χ1) is 11.7. The fourth-order valence-corrected chi connectivity index (χ4v) is 3.10. The van der Waals surface area contributed by atoms with Crippen LogP contribution in [-0.2, 0) is 12.4 Å². The first kappa shape index (κ1) is 16.8. The van der Waals surface area contributed by atoms with Crippen molar-refractivity contribution in [3.63, 3.8) is 0 Å². The minimum atomic E-state index is 0.457. The lowest BCUT2D eigenvalue weighted by atomic mass is 10.2. The van der Waals surface area contributed by atoms with E-state index in [2.05, 4.69) is 22.1 Å². The van der Waals surface area contributed by atoms with Crippen molar-refractivity contribution in [1.82, 2.24) is 9.97 Å². The summed E-state index contributed by atoms with van der Waals surface area (Å²) >= 11 is 7.64. The van der Waals surface area contributed by atoms with Crippen LogP contribution < -0.4 is 4.74 Å². The largest absolute Gasteiger partial charge is 0.473 e. The number of halogens is 1. The van der Waals surface area contributed by atoms with Crippen LogP contribution in [0.5, 0.6) is 5.88 Å². The Hall–Kier alpha value is -2.04. The van der Waals surface area contributed by atoms with Gasteiger partial charge in [-0.1, -0.05) is 41.9 Å². The van der Waals surface area contributed by atoms with Gasteiger partial charge in [0.15, 0.2) is 0 Å². The Morgan fingerprint density at radius 3 is 2.50 bits per heavy atom. The third kappa shape index (κ3) is 4.98. The molecule has 122 valence electrons. The van der Waals surface area contributed by atoms with Gasteiger partial charge in [0.2, 0.25) is 5.88 Å². The second kappa shape index (κ2) is 8.18. The van der Waals surface area contributed by atoms with Gasteiger partial charge in [-0.05, 0) is 36.8 Å². The molecule has 1 aromatic heterocycles. The molecule has 24 heavy (non-hydrogen) atoms. The molecule has 2 aromatic carbocycles. The average molecular weight is 357 g/mol. The topological polar surface area (TPSA) is 35.0 Å². The third-order valence-corrected chi connectivity index (χ3v) is 4.59. The molecule has 0 amide bonds. The van der Waals surface area contributed by atoms with Crippen molar-refractivity contribution in [2.24, 2.45) is 0 Å². The molecule has 0 spiro atoms. The zero-order chi connectivity index (χ0) is 16.8. The van der Waals surface area contributed by atoms with Crippen molar-refractivity contribution in [1.29, 1.82) is 0 Å². The van der Waals surface area contributed by atoms with Crippen LogP contribution in [0.1, 0.15) is 17.1 Å². The standard InChI is InChI=1S/C19H17ClN2OS/c1-14-21-17(13-24-18-5-3-2-4-6-18)11-19(22-14)23-12-15-7-9-16(20)10-8-15/h2-11H,12-13H2,1H3. The van der Waals surface area contributed by atoms with Crippen LogP contribution in [0, 0.1) is 6.92 Å². The summed E-state index contributed by atoms with van der Waals surface area (Å²) in [5, 5.41) is 0.719. The van der Waals surface area contributed by atoms with Crippen molar-refractivity contribution in [3.8, 4) is 5.88 Å². The predicted molar refractivity (Wildman–Crippen MR) is 98.6 cm³/mol. The summed E-state index contributed by atoms with van der Waals surface area (Å²) in [5.41, 5.74) is 2.01. The Kier molecular flexibility index (Phi) is 5.72. The number of hydrogen-bond donors (Lipinski definition) is 0. The molecule has 0 unspecified atom stereocenters. The zero-order valence-electron chi connectivity index (χ0n) is 13.3. The maximum atomic E-state index is 5.89. The monoisotopic (exact) mass is 356 g/mol. The van der Waals surface area contributed by atoms with E-state index >= 15 is 0 Å². The minimum absolute atomic E-state index is 0.457. The van der Waals surface area contributed by atoms with Crippen LogP contribution in [0.15, 0.2) is 65.6 Å². The van der Waals surface area contributed by atoms with E-state index in [0.29, 0.717) is 18.3 Å². The molecular formula is C19H17ClN2OS. The number of rotatable bonds is 6. The Balaban J connectivity index is 1.63. The van der Waals surface area contributed by atoms with Gasteiger partial charge < -0.3 is 4.74 Å². The van der Waals surface area contributed by atoms with Gasteiger partial charge in [-0.2, -0.15) is 4.98 Å². The Bertz CT molecular complexity index is 794. The zero-order valence-corrected chi connectivity index (χ0v) is 14.8. The fraction of sp³-hybridized carbons (Fsp3) is 0.158. The highest BCUT2D eigenvalue weighted by atomic mass is 35.5. The van der Waals surface area contributed by atoms with Gasteiger partial charge in [0.1, 0.15) is 12.4 Å². The number of aryl methyl sites for hydroxylation is 1. The highest BCUT2D eigenvalue weighted by Crippen LogP contribution is 2.23. The Morgan fingerprint density at radius 1 is 1.00 bits per heavy atom. The summed E-state index contributed by atoms with van der Waals surface area (Å²) in [6, 6.07) is 19.8. The average Bonchev–Trinajstić information content (AvgIpc) is 2.60. The molecule has 1 heterocycles. The summed E-state index contributed by atoms with van der Waals surface area (Å²) < 4.78 is 5.80. The summed E-state index contributed by atoms with van der Waals surface area (Å²) in [7, 11) is 0. The Labute approximate surface area is 151 Å². The molecule has 0 aliphatic heterocycles. The number of benzene rings is 2. The lowest BCUT2D eigenvalue weighted by Gasteiger charge is -2.08. The van der Waals surface area contributed by atoms with Crippen molar-refractivity contribution in [2.75, 3.05) is 0 Å². The van der Waals surface area contributed by atoms with E-state index in [-0.39, 0.29) is 0 Å². The first-order valence-electron chi connectivity index (χ1n) is 7.59. The summed E-state index contributed by atoms with van der Waals surface area (Å²) in [6.45, 7) is 2.34. The summed E-state index contributed by atoms with van der Waals surface area (Å²) in [5.74, 6) is 2.10. The molecule has 0 N–H and O–H groups in total. The molecule has 0 fully saturated rings. The molecule has 0 aliphatic rings. The molecule has 3 nitrogen and oxygen atoms in total. The molecule has 0 radical (unpaired) electrons. The second-order valence-electron chi connectivity index (χ2n) is 5.26. The number of thioether (sulfide) groups is 1. The maximum Gasteiger partial charge on any atom is 0.217 e. The number of hydrogen-bond acceptors (Lipinski definition) is 4. The van der Waals surface area contributed by atoms with Crippen molar-refractivity contribution in [3.05, 3.63) is 82.8 Å². The van der Waals surface area contributed by atoms with Gasteiger partial charge in [-0.3, -0.25) is 0 Å². The number of ether oxygens (including phenoxy) is 1. The SMILES string of the molecule is Cc1nc(CSc2ccccc2)cc(OCc2ccc(Cl)cc2)n1. The van der Waals surface area contributed by atoms with Gasteiger partial charge in [-0.25, -0.2) is 4.98 Å². The third-order valence-electron chi connectivity index (χ3n) is 3.30. The molecule has 0 saturated carbocycles. The lowest BCUT2D eigenvalue weighted by Crippen LogP contribution is -2.01. The Morgan fingerprint density at radius 2 is 1.75 bits per heavy atom. The molecule has 0 saturated heterocycles. The van der Waals surface area contributed by atoms with E-state index in [0.717, 1.165) is 22.0 Å². The predicted octanol–water partition coefficient (Wildman–Crippen LogP) is 5.31. The van der Waals surface area contributed by atoms with Crippen LogP contribution in [0.4, 0.5) is 0 Å². The molecule has 0 atom stereocenters. The van der Waals surface area contributed by atoms with E-state index in [1.54, 1.807) is 11.8 Å². The quantitative estimate of drug-likeness (QED) is 0.560. The minimum Gasteiger partial charge on any atom is -0.473 e. The van der Waals surface area contributed by atoms with E-state index in [1.807, 2.05) is 55.5 Å². The number of nitrogens with zero attached hydrogens (tertiary/aromatic N) is 2. The van der Waals surface area contributed by atoms with Crippen LogP contribution >= 0.6 is 23.4 Å². The number of aromatic nitrogens is 2. The van der Waals surface area contributed by atoms with Gasteiger partial charge in [0, 0.05) is 21.7 Å². The van der Waals surface area contributed by atoms with Crippen LogP contribution in [-0.4, -0.2) is 9.97 Å². The van der Waals surface area contributed by atoms with Gasteiger partial charge in [0.25, 0.3) is 0 Å². The van der Waals surface area contributed by atoms with Crippen LogP contribution in [0.25, 0.3) is 0 Å². The molecular weight excluding hydrogens is 340 g/mol. The lowest BCUT2D eigenvalue weighted by molar-refractivity contribution is 0.292. The first-order valence-corrected chi connectivity index (χ1v) is 8.95. The van der Waals surface area contributed by atoms with E-state index in [4.69, 9.17) is 16.3 Å². The molecule has 0 aliphatic carbocycles. The smallest absolute Gasteiger partial charge is 0.217 e. The van der Waals surface area contributed by atoms with Crippen molar-refractivity contribution >= 4 is 23.4 Å². The molecule has 0 bridgehead atoms. The van der Waals surface area contributed by atoms with Crippen LogP contribution in [0.2, 0.25) is 5.02 Å². The molecule has 3 aromatic rings. The van der Waals surface area contributed by atoms with E-state index in [1.165, 1.54) is 4.90 Å². The van der Waals surface area contributed by atoms with Crippen molar-refractivity contribution in [2.45, 2.75) is 24.2 Å². The fourth-order valence-electron chi connectivity index (χ4n) is 2.16. The van der Waals surface area contributed by atoms with E-state index < -0.39 is 0 Å².